The number of nitrogens with zero attached hydrogens (tertiary/aromatic N) is 1. The summed E-state index contributed by atoms with van der Waals surface area (Å²) < 4.78 is 14.8. The Labute approximate surface area is 182 Å². The number of benzene rings is 3. The number of carboxylic acids is 1. The lowest BCUT2D eigenvalue weighted by Gasteiger charge is -2.26. The second kappa shape index (κ2) is 8.11. The number of Topliss-reactive ketones (excluding diaryl/α,β-unsaturated/α-hetero) is 1. The Kier molecular flexibility index (Phi) is 5.32. The van der Waals surface area contributed by atoms with Gasteiger partial charge in [-0.2, -0.15) is 0 Å². The number of aryl methyl sites for hydroxylation is 1. The summed E-state index contributed by atoms with van der Waals surface area (Å²) in [6, 6.07) is 16.5. The van der Waals surface area contributed by atoms with E-state index in [0.29, 0.717) is 5.56 Å². The van der Waals surface area contributed by atoms with E-state index >= 15 is 0 Å². The first-order valence-corrected chi connectivity index (χ1v) is 9.75. The molecule has 3 aromatic rings. The van der Waals surface area contributed by atoms with Crippen LogP contribution in [0.2, 0.25) is 0 Å². The van der Waals surface area contributed by atoms with Crippen LogP contribution in [0.5, 0.6) is 0 Å². The van der Waals surface area contributed by atoms with E-state index in [9.17, 15) is 29.0 Å². The maximum atomic E-state index is 14.8. The summed E-state index contributed by atoms with van der Waals surface area (Å²) in [6.45, 7) is 1.86. The van der Waals surface area contributed by atoms with E-state index in [0.717, 1.165) is 10.5 Å². The predicted octanol–water partition coefficient (Wildman–Crippen LogP) is 4.46. The molecule has 7 heteroatoms. The maximum Gasteiger partial charge on any atom is 0.335 e. The molecule has 0 saturated carbocycles. The molecule has 0 unspecified atom stereocenters. The predicted molar refractivity (Wildman–Crippen MR) is 116 cm³/mol. The van der Waals surface area contributed by atoms with Crippen molar-refractivity contribution in [3.8, 4) is 0 Å². The van der Waals surface area contributed by atoms with Crippen LogP contribution in [-0.4, -0.2) is 27.9 Å². The number of aromatic carboxylic acids is 1. The molecule has 1 aliphatic heterocycles. The molecular weight excluding hydrogens is 413 g/mol. The summed E-state index contributed by atoms with van der Waals surface area (Å²) in [5, 5.41) is 20.3. The molecule has 1 heterocycles. The summed E-state index contributed by atoms with van der Waals surface area (Å²) in [5.74, 6) is -4.31. The molecular formula is C25H18FNO5. The summed E-state index contributed by atoms with van der Waals surface area (Å²) >= 11 is 0. The fourth-order valence-electron chi connectivity index (χ4n) is 3.75. The number of anilines is 1. The van der Waals surface area contributed by atoms with Gasteiger partial charge in [0.05, 0.1) is 17.2 Å². The highest BCUT2D eigenvalue weighted by atomic mass is 19.1. The van der Waals surface area contributed by atoms with Crippen molar-refractivity contribution in [2.24, 2.45) is 0 Å². The Balaban J connectivity index is 1.97. The molecule has 3 aromatic carbocycles. The normalized spacial score (nSPS) is 17.6. The molecule has 6 nitrogen and oxygen atoms in total. The second-order valence-corrected chi connectivity index (χ2v) is 7.41. The molecule has 0 aromatic heterocycles. The number of hydrogen-bond donors (Lipinski definition) is 2. The molecule has 1 amide bonds. The molecule has 2 N–H and O–H groups in total. The van der Waals surface area contributed by atoms with Crippen LogP contribution in [-0.2, 0) is 9.59 Å². The number of carboxylic acid groups (broad SMARTS) is 1. The van der Waals surface area contributed by atoms with Gasteiger partial charge in [0.2, 0.25) is 0 Å². The van der Waals surface area contributed by atoms with E-state index in [4.69, 9.17) is 0 Å². The quantitative estimate of drug-likeness (QED) is 0.361. The number of aliphatic hydroxyl groups excluding tert-OH is 1. The van der Waals surface area contributed by atoms with Crippen molar-refractivity contribution in [3.63, 3.8) is 0 Å². The smallest absolute Gasteiger partial charge is 0.335 e. The number of halogens is 1. The number of ketones is 1. The molecule has 0 radical (unpaired) electrons. The molecule has 4 rings (SSSR count). The van der Waals surface area contributed by atoms with Crippen LogP contribution in [0.3, 0.4) is 0 Å². The molecule has 1 saturated heterocycles. The fourth-order valence-corrected chi connectivity index (χ4v) is 3.75. The summed E-state index contributed by atoms with van der Waals surface area (Å²) in [4.78, 5) is 38.5. The minimum Gasteiger partial charge on any atom is -0.507 e. The van der Waals surface area contributed by atoms with Crippen LogP contribution in [0.15, 0.2) is 78.4 Å². The van der Waals surface area contributed by atoms with Crippen LogP contribution < -0.4 is 4.90 Å². The number of rotatable bonds is 4. The first kappa shape index (κ1) is 21.0. The van der Waals surface area contributed by atoms with Crippen LogP contribution in [0.1, 0.15) is 33.1 Å². The van der Waals surface area contributed by atoms with Crippen molar-refractivity contribution in [1.82, 2.24) is 0 Å². The SMILES string of the molecule is Cc1ccc(C(O)=C2C(=O)C(=O)N(c3cccc(C(=O)O)c3)[C@@H]2c2ccccc2F)cc1. The van der Waals surface area contributed by atoms with Crippen molar-refractivity contribution in [1.29, 1.82) is 0 Å². The Morgan fingerprint density at radius 2 is 1.59 bits per heavy atom. The summed E-state index contributed by atoms with van der Waals surface area (Å²) in [6.07, 6.45) is 0. The lowest BCUT2D eigenvalue weighted by Crippen LogP contribution is -2.30. The van der Waals surface area contributed by atoms with Gasteiger partial charge < -0.3 is 10.2 Å². The van der Waals surface area contributed by atoms with E-state index in [1.807, 2.05) is 6.92 Å². The number of carbonyl (C=O) groups excluding carboxylic acids is 2. The third-order valence-electron chi connectivity index (χ3n) is 5.34. The van der Waals surface area contributed by atoms with Gasteiger partial charge >= 0.3 is 5.97 Å². The van der Waals surface area contributed by atoms with Crippen molar-refractivity contribution in [2.75, 3.05) is 4.90 Å². The van der Waals surface area contributed by atoms with Gasteiger partial charge in [0, 0.05) is 16.8 Å². The van der Waals surface area contributed by atoms with Crippen molar-refractivity contribution < 1.29 is 29.0 Å². The second-order valence-electron chi connectivity index (χ2n) is 7.41. The topological polar surface area (TPSA) is 94.9 Å². The monoisotopic (exact) mass is 431 g/mol. The van der Waals surface area contributed by atoms with Gasteiger partial charge in [0.1, 0.15) is 11.6 Å². The lowest BCUT2D eigenvalue weighted by atomic mass is 9.94. The van der Waals surface area contributed by atoms with Crippen molar-refractivity contribution >= 4 is 29.1 Å². The highest BCUT2D eigenvalue weighted by Crippen LogP contribution is 2.43. The van der Waals surface area contributed by atoms with Gasteiger partial charge in [-0.25, -0.2) is 9.18 Å². The van der Waals surface area contributed by atoms with E-state index in [1.54, 1.807) is 30.3 Å². The average Bonchev–Trinajstić information content (AvgIpc) is 3.04. The molecule has 32 heavy (non-hydrogen) atoms. The zero-order valence-electron chi connectivity index (χ0n) is 16.9. The van der Waals surface area contributed by atoms with Gasteiger partial charge in [-0.05, 0) is 31.2 Å². The van der Waals surface area contributed by atoms with Gasteiger partial charge in [0.25, 0.3) is 11.7 Å². The average molecular weight is 431 g/mol. The van der Waals surface area contributed by atoms with Gasteiger partial charge in [-0.1, -0.05) is 54.1 Å². The fraction of sp³-hybridized carbons (Fsp3) is 0.0800. The Morgan fingerprint density at radius 3 is 2.25 bits per heavy atom. The zero-order chi connectivity index (χ0) is 23.0. The first-order valence-electron chi connectivity index (χ1n) is 9.75. The third-order valence-corrected chi connectivity index (χ3v) is 5.34. The van der Waals surface area contributed by atoms with Gasteiger partial charge in [-0.15, -0.1) is 0 Å². The van der Waals surface area contributed by atoms with Crippen LogP contribution in [0, 0.1) is 12.7 Å². The molecule has 1 atom stereocenters. The highest BCUT2D eigenvalue weighted by molar-refractivity contribution is 6.51. The largest absolute Gasteiger partial charge is 0.507 e. The standard InChI is InChI=1S/C25H18FNO5/c1-14-9-11-15(12-10-14)22(28)20-21(18-7-2-3-8-19(18)26)27(24(30)23(20)29)17-6-4-5-16(13-17)25(31)32/h2-13,21,28H,1H3,(H,31,32)/t21-/m1/s1. The number of amides is 1. The van der Waals surface area contributed by atoms with Crippen molar-refractivity contribution in [3.05, 3.63) is 106 Å². The first-order chi connectivity index (χ1) is 15.3. The number of carbonyl (C=O) groups is 3. The van der Waals surface area contributed by atoms with Crippen LogP contribution in [0.4, 0.5) is 10.1 Å². The van der Waals surface area contributed by atoms with Gasteiger partial charge in [-0.3, -0.25) is 14.5 Å². The molecule has 0 bridgehead atoms. The van der Waals surface area contributed by atoms with E-state index in [2.05, 4.69) is 0 Å². The molecule has 160 valence electrons. The number of hydrogen-bond acceptors (Lipinski definition) is 4. The van der Waals surface area contributed by atoms with E-state index < -0.39 is 35.3 Å². The maximum absolute atomic E-state index is 14.8. The number of aliphatic hydroxyl groups is 1. The minimum atomic E-state index is -1.28. The van der Waals surface area contributed by atoms with Gasteiger partial charge in [0.15, 0.2) is 0 Å². The summed E-state index contributed by atoms with van der Waals surface area (Å²) in [5.41, 5.74) is 0.955. The third kappa shape index (κ3) is 3.54. The minimum absolute atomic E-state index is 0.00101. The van der Waals surface area contributed by atoms with Crippen LogP contribution in [0.25, 0.3) is 5.76 Å². The van der Waals surface area contributed by atoms with E-state index in [1.165, 1.54) is 42.5 Å². The molecule has 1 fully saturated rings. The lowest BCUT2D eigenvalue weighted by molar-refractivity contribution is -0.132. The van der Waals surface area contributed by atoms with Crippen LogP contribution >= 0.6 is 0 Å². The van der Waals surface area contributed by atoms with Crippen molar-refractivity contribution in [2.45, 2.75) is 13.0 Å². The Hall–Kier alpha value is -4.26. The molecule has 0 aliphatic carbocycles. The highest BCUT2D eigenvalue weighted by Gasteiger charge is 2.47. The molecule has 0 spiro atoms. The summed E-state index contributed by atoms with van der Waals surface area (Å²) in [7, 11) is 0. The molecule has 1 aliphatic rings. The zero-order valence-corrected chi connectivity index (χ0v) is 16.9. The Morgan fingerprint density at radius 1 is 0.906 bits per heavy atom. The Bertz CT molecular complexity index is 1280. The van der Waals surface area contributed by atoms with E-state index in [-0.39, 0.29) is 22.4 Å².